The van der Waals surface area contributed by atoms with Crippen molar-refractivity contribution in [3.05, 3.63) is 28.8 Å². The number of hydrogen-bond acceptors (Lipinski definition) is 4. The van der Waals surface area contributed by atoms with Crippen LogP contribution >= 0.6 is 25.7 Å². The van der Waals surface area contributed by atoms with Crippen molar-refractivity contribution in [2.45, 2.75) is 40.7 Å². The lowest BCUT2D eigenvalue weighted by Gasteiger charge is -2.20. The molecular weight excluding hydrogens is 264 g/mol. The minimum absolute atomic E-state index is 0. The van der Waals surface area contributed by atoms with Gasteiger partial charge in [0.2, 0.25) is 0 Å². The van der Waals surface area contributed by atoms with Crippen LogP contribution in [0, 0.1) is 20.8 Å². The molecular formula is C13H24N2OS2. The van der Waals surface area contributed by atoms with Crippen LogP contribution in [-0.2, 0) is 0 Å². The highest BCUT2D eigenvalue weighted by Crippen LogP contribution is 2.28. The van der Waals surface area contributed by atoms with Gasteiger partial charge in [0.15, 0.2) is 12.2 Å². The van der Waals surface area contributed by atoms with Crippen LogP contribution in [-0.4, -0.2) is 17.5 Å². The molecule has 0 aliphatic heterocycles. The molecule has 1 N–H and O–H groups in total. The summed E-state index contributed by atoms with van der Waals surface area (Å²) in [7, 11) is 1.95. The highest BCUT2D eigenvalue weighted by Gasteiger charge is 2.08. The van der Waals surface area contributed by atoms with E-state index >= 15 is 0 Å². The third kappa shape index (κ3) is 5.52. The summed E-state index contributed by atoms with van der Waals surface area (Å²) in [5.41, 5.74) is 6.85. The van der Waals surface area contributed by atoms with E-state index in [1.807, 2.05) is 11.5 Å². The number of hydrazine groups is 1. The van der Waals surface area contributed by atoms with Gasteiger partial charge in [-0.15, -0.1) is 0 Å². The quantitative estimate of drug-likeness (QED) is 0.509. The summed E-state index contributed by atoms with van der Waals surface area (Å²) in [5, 5.41) is 0. The van der Waals surface area contributed by atoms with Crippen molar-refractivity contribution in [3.63, 3.8) is 0 Å². The van der Waals surface area contributed by atoms with Crippen LogP contribution in [0.3, 0.4) is 0 Å². The predicted molar refractivity (Wildman–Crippen MR) is 85.3 cm³/mol. The fraction of sp³-hybridized carbons (Fsp3) is 0.538. The van der Waals surface area contributed by atoms with Gasteiger partial charge in [0.05, 0.1) is 0 Å². The van der Waals surface area contributed by atoms with Gasteiger partial charge in [-0.2, -0.15) is 17.9 Å². The summed E-state index contributed by atoms with van der Waals surface area (Å²) in [6.07, 6.45) is 0. The highest BCUT2D eigenvalue weighted by atomic mass is 32.2. The molecule has 104 valence electrons. The monoisotopic (exact) mass is 288 g/mol. The van der Waals surface area contributed by atoms with E-state index in [1.54, 1.807) is 0 Å². The summed E-state index contributed by atoms with van der Waals surface area (Å²) < 4.78 is 7.64. The molecule has 0 radical (unpaired) electrons. The number of hydrogen-bond donors (Lipinski definition) is 1. The Labute approximate surface area is 122 Å². The zero-order chi connectivity index (χ0) is 13.0. The summed E-state index contributed by atoms with van der Waals surface area (Å²) >= 11 is 1.31. The molecule has 0 spiro atoms. The molecule has 0 fully saturated rings. The second-order valence-corrected chi connectivity index (χ2v) is 5.53. The Morgan fingerprint density at radius 1 is 1.17 bits per heavy atom. The van der Waals surface area contributed by atoms with Crippen LogP contribution in [0.4, 0.5) is 0 Å². The maximum absolute atomic E-state index is 5.77. The predicted octanol–water partition coefficient (Wildman–Crippen LogP) is 3.51. The van der Waals surface area contributed by atoms with Gasteiger partial charge in [0.25, 0.3) is 0 Å². The first-order chi connectivity index (χ1) is 7.90. The SMILES string of the molecule is Cc1cc(C)c(OSN(C)NC(C)C)c(C)c1.S. The van der Waals surface area contributed by atoms with Crippen LogP contribution in [0.15, 0.2) is 12.1 Å². The fourth-order valence-electron chi connectivity index (χ4n) is 1.78. The molecule has 1 rings (SSSR count). The average Bonchev–Trinajstić information content (AvgIpc) is 2.14. The van der Waals surface area contributed by atoms with Gasteiger partial charge in [0, 0.05) is 13.1 Å². The van der Waals surface area contributed by atoms with Crippen molar-refractivity contribution >= 4 is 25.7 Å². The van der Waals surface area contributed by atoms with Crippen molar-refractivity contribution < 1.29 is 4.18 Å². The van der Waals surface area contributed by atoms with E-state index < -0.39 is 0 Å². The number of nitrogens with one attached hydrogen (secondary N) is 1. The molecule has 1 aromatic carbocycles. The van der Waals surface area contributed by atoms with Crippen LogP contribution in [0.25, 0.3) is 0 Å². The number of rotatable bonds is 5. The zero-order valence-electron chi connectivity index (χ0n) is 12.0. The standard InChI is InChI=1S/C13H22N2OS.H2S/c1-9(2)14-15(6)17-16-13-11(4)7-10(3)8-12(13)5;/h7-9,14H,1-6H3;1H2. The van der Waals surface area contributed by atoms with Crippen molar-refractivity contribution in [3.8, 4) is 5.75 Å². The second kappa shape index (κ2) is 7.94. The number of nitrogens with zero attached hydrogens (tertiary/aromatic N) is 1. The molecule has 0 amide bonds. The van der Waals surface area contributed by atoms with Gasteiger partial charge in [-0.05, 0) is 45.7 Å². The lowest BCUT2D eigenvalue weighted by atomic mass is 10.1. The average molecular weight is 288 g/mol. The van der Waals surface area contributed by atoms with Gasteiger partial charge in [-0.25, -0.2) is 5.43 Å². The van der Waals surface area contributed by atoms with Crippen LogP contribution < -0.4 is 9.61 Å². The molecule has 0 saturated heterocycles. The van der Waals surface area contributed by atoms with Crippen molar-refractivity contribution in [2.75, 3.05) is 7.05 Å². The van der Waals surface area contributed by atoms with E-state index in [0.717, 1.165) is 5.75 Å². The summed E-state index contributed by atoms with van der Waals surface area (Å²) in [5.74, 6) is 0.956. The summed E-state index contributed by atoms with van der Waals surface area (Å²) in [4.78, 5) is 0. The molecule has 0 aliphatic rings. The maximum Gasteiger partial charge on any atom is 0.162 e. The number of aryl methyl sites for hydroxylation is 3. The molecule has 0 bridgehead atoms. The van der Waals surface area contributed by atoms with Gasteiger partial charge >= 0.3 is 0 Å². The first-order valence-corrected chi connectivity index (χ1v) is 6.52. The zero-order valence-corrected chi connectivity index (χ0v) is 13.8. The maximum atomic E-state index is 5.77. The topological polar surface area (TPSA) is 24.5 Å². The smallest absolute Gasteiger partial charge is 0.162 e. The van der Waals surface area contributed by atoms with Crippen LogP contribution in [0.1, 0.15) is 30.5 Å². The molecule has 0 atom stereocenters. The Morgan fingerprint density at radius 2 is 1.67 bits per heavy atom. The molecule has 18 heavy (non-hydrogen) atoms. The molecule has 0 heterocycles. The molecule has 1 aromatic rings. The molecule has 0 aliphatic carbocycles. The van der Waals surface area contributed by atoms with Crippen molar-refractivity contribution in [2.24, 2.45) is 0 Å². The normalized spacial score (nSPS) is 10.7. The summed E-state index contributed by atoms with van der Waals surface area (Å²) in [6, 6.07) is 4.67. The van der Waals surface area contributed by atoms with Gasteiger partial charge in [0.1, 0.15) is 5.75 Å². The lowest BCUT2D eigenvalue weighted by molar-refractivity contribution is 0.351. The minimum atomic E-state index is 0. The first-order valence-electron chi connectivity index (χ1n) is 5.82. The molecule has 0 unspecified atom stereocenters. The Hall–Kier alpha value is -0.360. The Kier molecular flexibility index (Phi) is 7.78. The minimum Gasteiger partial charge on any atom is -0.408 e. The Bertz CT molecular complexity index is 360. The lowest BCUT2D eigenvalue weighted by Crippen LogP contribution is -2.34. The molecule has 5 heteroatoms. The third-order valence-corrected chi connectivity index (χ3v) is 2.85. The van der Waals surface area contributed by atoms with E-state index in [1.165, 1.54) is 28.9 Å². The molecule has 0 saturated carbocycles. The van der Waals surface area contributed by atoms with Crippen LogP contribution in [0.5, 0.6) is 5.75 Å². The van der Waals surface area contributed by atoms with E-state index in [-0.39, 0.29) is 13.5 Å². The van der Waals surface area contributed by atoms with E-state index in [9.17, 15) is 0 Å². The Morgan fingerprint density at radius 3 is 2.11 bits per heavy atom. The Balaban J connectivity index is 0.00000289. The van der Waals surface area contributed by atoms with Crippen molar-refractivity contribution in [1.82, 2.24) is 9.84 Å². The number of benzene rings is 1. The van der Waals surface area contributed by atoms with Gasteiger partial charge < -0.3 is 4.18 Å². The fourth-order valence-corrected chi connectivity index (χ4v) is 2.48. The third-order valence-electron chi connectivity index (χ3n) is 2.28. The van der Waals surface area contributed by atoms with E-state index in [4.69, 9.17) is 4.18 Å². The van der Waals surface area contributed by atoms with Gasteiger partial charge in [-0.1, -0.05) is 17.7 Å². The summed E-state index contributed by atoms with van der Waals surface area (Å²) in [6.45, 7) is 10.4. The largest absolute Gasteiger partial charge is 0.408 e. The van der Waals surface area contributed by atoms with E-state index in [0.29, 0.717) is 6.04 Å². The molecule has 3 nitrogen and oxygen atoms in total. The van der Waals surface area contributed by atoms with Crippen molar-refractivity contribution in [1.29, 1.82) is 0 Å². The molecule has 0 aromatic heterocycles. The van der Waals surface area contributed by atoms with E-state index in [2.05, 4.69) is 52.2 Å². The van der Waals surface area contributed by atoms with Gasteiger partial charge in [-0.3, -0.25) is 0 Å². The first kappa shape index (κ1) is 17.6. The highest BCUT2D eigenvalue weighted by molar-refractivity contribution is 7.92. The van der Waals surface area contributed by atoms with Crippen LogP contribution in [0.2, 0.25) is 0 Å². The second-order valence-electron chi connectivity index (χ2n) is 4.67.